The van der Waals surface area contributed by atoms with Gasteiger partial charge < -0.3 is 10.5 Å². The maximum absolute atomic E-state index is 5.58. The van der Waals surface area contributed by atoms with Gasteiger partial charge in [0.25, 0.3) is 0 Å². The zero-order chi connectivity index (χ0) is 7.40. The zero-order valence-corrected chi connectivity index (χ0v) is 6.00. The van der Waals surface area contributed by atoms with Gasteiger partial charge in [0, 0.05) is 1.43 Å². The first-order valence-corrected chi connectivity index (χ1v) is 3.32. The molecule has 0 heterocycles. The Bertz CT molecular complexity index is 215. The fraction of sp³-hybridized carbons (Fsp3) is 0.250. The molecule has 56 valence electrons. The highest BCUT2D eigenvalue weighted by Gasteiger charge is 1.93. The van der Waals surface area contributed by atoms with Gasteiger partial charge in [-0.3, -0.25) is 0 Å². The summed E-state index contributed by atoms with van der Waals surface area (Å²) in [6.45, 7) is 2.60. The van der Waals surface area contributed by atoms with Crippen LogP contribution in [-0.2, 0) is 0 Å². The molecule has 0 spiro atoms. The number of ether oxygens (including phenoxy) is 1. The first-order valence-electron chi connectivity index (χ1n) is 3.32. The van der Waals surface area contributed by atoms with Crippen molar-refractivity contribution in [2.45, 2.75) is 6.92 Å². The van der Waals surface area contributed by atoms with Gasteiger partial charge in [0.15, 0.2) is 0 Å². The molecule has 1 aromatic rings. The van der Waals surface area contributed by atoms with Crippen molar-refractivity contribution in [2.24, 2.45) is 0 Å². The fourth-order valence-corrected chi connectivity index (χ4v) is 0.767. The van der Waals surface area contributed by atoms with Crippen molar-refractivity contribution in [1.82, 2.24) is 0 Å². The Labute approximate surface area is 62.1 Å². The lowest BCUT2D eigenvalue weighted by Gasteiger charge is -2.04. The van der Waals surface area contributed by atoms with Crippen LogP contribution in [0.15, 0.2) is 24.3 Å². The normalized spacial score (nSPS) is 9.30. The summed E-state index contributed by atoms with van der Waals surface area (Å²) >= 11 is 0. The molecule has 2 heteroatoms. The van der Waals surface area contributed by atoms with Gasteiger partial charge in [0.05, 0.1) is 12.3 Å². The Morgan fingerprint density at radius 1 is 1.50 bits per heavy atom. The molecule has 0 saturated carbocycles. The molecule has 1 aromatic carbocycles. The number of nitrogens with two attached hydrogens (primary N) is 1. The average Bonchev–Trinajstić information content (AvgIpc) is 1.94. The van der Waals surface area contributed by atoms with Crippen molar-refractivity contribution >= 4 is 5.69 Å². The number of rotatable bonds is 2. The van der Waals surface area contributed by atoms with E-state index in [0.29, 0.717) is 12.3 Å². The number of benzene rings is 1. The minimum absolute atomic E-state index is 0. The second kappa shape index (κ2) is 3.11. The summed E-state index contributed by atoms with van der Waals surface area (Å²) < 4.78 is 5.21. The highest BCUT2D eigenvalue weighted by atomic mass is 16.5. The lowest BCUT2D eigenvalue weighted by molar-refractivity contribution is 0.342. The summed E-state index contributed by atoms with van der Waals surface area (Å²) in [5.74, 6) is 0.769. The molecular formula is C8H13NO. The van der Waals surface area contributed by atoms with Gasteiger partial charge in [-0.15, -0.1) is 0 Å². The zero-order valence-electron chi connectivity index (χ0n) is 6.00. The van der Waals surface area contributed by atoms with E-state index in [1.165, 1.54) is 0 Å². The summed E-state index contributed by atoms with van der Waals surface area (Å²) in [5.41, 5.74) is 6.28. The second-order valence-corrected chi connectivity index (χ2v) is 1.97. The van der Waals surface area contributed by atoms with Crippen molar-refractivity contribution in [2.75, 3.05) is 12.3 Å². The molecule has 0 radical (unpaired) electrons. The highest BCUT2D eigenvalue weighted by molar-refractivity contribution is 5.51. The molecule has 2 N–H and O–H groups in total. The van der Waals surface area contributed by atoms with Gasteiger partial charge in [-0.05, 0) is 19.1 Å². The predicted octanol–water partition coefficient (Wildman–Crippen LogP) is 1.91. The molecule has 1 rings (SSSR count). The van der Waals surface area contributed by atoms with E-state index in [-0.39, 0.29) is 1.43 Å². The molecule has 0 aliphatic heterocycles. The summed E-state index contributed by atoms with van der Waals surface area (Å²) in [4.78, 5) is 0. The quantitative estimate of drug-likeness (QED) is 0.635. The maximum atomic E-state index is 5.58. The highest BCUT2D eigenvalue weighted by Crippen LogP contribution is 2.18. The molecule has 0 atom stereocenters. The molecule has 0 saturated heterocycles. The van der Waals surface area contributed by atoms with Crippen molar-refractivity contribution < 1.29 is 6.16 Å². The molecular weight excluding hydrogens is 126 g/mol. The van der Waals surface area contributed by atoms with Gasteiger partial charge in [-0.2, -0.15) is 0 Å². The molecule has 0 amide bonds. The van der Waals surface area contributed by atoms with Crippen LogP contribution in [0, 0.1) is 0 Å². The smallest absolute Gasteiger partial charge is 0.142 e. The van der Waals surface area contributed by atoms with Gasteiger partial charge in [0.1, 0.15) is 5.75 Å². The van der Waals surface area contributed by atoms with Crippen molar-refractivity contribution in [3.8, 4) is 5.75 Å². The number of hydrogen-bond donors (Lipinski definition) is 1. The largest absolute Gasteiger partial charge is 0.492 e. The van der Waals surface area contributed by atoms with E-state index in [1.54, 1.807) is 0 Å². The third-order valence-electron chi connectivity index (χ3n) is 1.22. The van der Waals surface area contributed by atoms with Crippen LogP contribution in [0.4, 0.5) is 5.69 Å². The summed E-state index contributed by atoms with van der Waals surface area (Å²) in [5, 5.41) is 0. The number of para-hydroxylation sites is 2. The first-order chi connectivity index (χ1) is 4.84. The van der Waals surface area contributed by atoms with Gasteiger partial charge in [0.2, 0.25) is 0 Å². The second-order valence-electron chi connectivity index (χ2n) is 1.97. The summed E-state index contributed by atoms with van der Waals surface area (Å²) in [6.07, 6.45) is 0. The standard InChI is InChI=1S/C8H11NO.H2/c1-2-10-8-6-4-3-5-7(8)9;/h3-6H,2,9H2,1H3;1H. The Hall–Kier alpha value is -1.18. The lowest BCUT2D eigenvalue weighted by atomic mass is 10.3. The first kappa shape index (κ1) is 6.93. The maximum Gasteiger partial charge on any atom is 0.142 e. The summed E-state index contributed by atoms with van der Waals surface area (Å²) in [7, 11) is 0. The molecule has 0 aliphatic carbocycles. The van der Waals surface area contributed by atoms with Crippen LogP contribution in [0.5, 0.6) is 5.75 Å². The summed E-state index contributed by atoms with van der Waals surface area (Å²) in [6, 6.07) is 7.48. The van der Waals surface area contributed by atoms with E-state index in [0.717, 1.165) is 5.75 Å². The van der Waals surface area contributed by atoms with Crippen LogP contribution < -0.4 is 10.5 Å². The van der Waals surface area contributed by atoms with Crippen LogP contribution >= 0.6 is 0 Å². The topological polar surface area (TPSA) is 35.2 Å². The van der Waals surface area contributed by atoms with Gasteiger partial charge >= 0.3 is 0 Å². The van der Waals surface area contributed by atoms with E-state index in [1.807, 2.05) is 31.2 Å². The third-order valence-corrected chi connectivity index (χ3v) is 1.22. The van der Waals surface area contributed by atoms with Crippen LogP contribution in [0.3, 0.4) is 0 Å². The molecule has 10 heavy (non-hydrogen) atoms. The molecule has 0 aromatic heterocycles. The van der Waals surface area contributed by atoms with Gasteiger partial charge in [-0.25, -0.2) is 0 Å². The van der Waals surface area contributed by atoms with E-state index in [4.69, 9.17) is 10.5 Å². The van der Waals surface area contributed by atoms with Crippen LogP contribution in [0.25, 0.3) is 0 Å². The SMILES string of the molecule is CCOc1ccccc1N.[HH]. The molecule has 0 fully saturated rings. The number of hydrogen-bond acceptors (Lipinski definition) is 2. The van der Waals surface area contributed by atoms with Crippen LogP contribution in [0.2, 0.25) is 0 Å². The van der Waals surface area contributed by atoms with Crippen LogP contribution in [0.1, 0.15) is 8.35 Å². The van der Waals surface area contributed by atoms with Crippen molar-refractivity contribution in [1.29, 1.82) is 0 Å². The Balaban J connectivity index is 0.000001000. The Morgan fingerprint density at radius 2 is 2.20 bits per heavy atom. The fourth-order valence-electron chi connectivity index (χ4n) is 0.767. The number of nitrogen functional groups attached to an aromatic ring is 1. The third kappa shape index (κ3) is 1.41. The Morgan fingerprint density at radius 3 is 2.80 bits per heavy atom. The van der Waals surface area contributed by atoms with Crippen LogP contribution in [-0.4, -0.2) is 6.61 Å². The molecule has 0 bridgehead atoms. The van der Waals surface area contributed by atoms with Gasteiger partial charge in [-0.1, -0.05) is 12.1 Å². The monoisotopic (exact) mass is 139 g/mol. The van der Waals surface area contributed by atoms with Crippen molar-refractivity contribution in [3.05, 3.63) is 24.3 Å². The van der Waals surface area contributed by atoms with E-state index < -0.39 is 0 Å². The molecule has 0 unspecified atom stereocenters. The molecule has 0 aliphatic rings. The van der Waals surface area contributed by atoms with E-state index in [9.17, 15) is 0 Å². The minimum Gasteiger partial charge on any atom is -0.492 e. The van der Waals surface area contributed by atoms with E-state index >= 15 is 0 Å². The molecule has 2 nitrogen and oxygen atoms in total. The number of anilines is 1. The van der Waals surface area contributed by atoms with Crippen molar-refractivity contribution in [3.63, 3.8) is 0 Å². The van der Waals surface area contributed by atoms with E-state index in [2.05, 4.69) is 0 Å². The predicted molar refractivity (Wildman–Crippen MR) is 44.1 cm³/mol. The average molecular weight is 139 g/mol. The minimum atomic E-state index is 0. The Kier molecular flexibility index (Phi) is 2.15. The lowest BCUT2D eigenvalue weighted by Crippen LogP contribution is -1.95.